The number of hydrogen-bond donors (Lipinski definition) is 0. The first-order chi connectivity index (χ1) is 8.17. The largest absolute Gasteiger partial charge is 0.460 e. The zero-order chi connectivity index (χ0) is 15.3. The van der Waals surface area contributed by atoms with E-state index in [9.17, 15) is 4.79 Å². The Morgan fingerprint density at radius 3 is 1.79 bits per heavy atom. The van der Waals surface area contributed by atoms with Crippen LogP contribution in [0, 0.1) is 22.2 Å². The van der Waals surface area contributed by atoms with Crippen molar-refractivity contribution in [3.8, 4) is 0 Å². The molecule has 2 nitrogen and oxygen atoms in total. The van der Waals surface area contributed by atoms with E-state index in [0.29, 0.717) is 5.92 Å². The molecule has 2 heteroatoms. The van der Waals surface area contributed by atoms with Gasteiger partial charge in [-0.15, -0.1) is 0 Å². The number of carbonyl (C=O) groups is 1. The van der Waals surface area contributed by atoms with Crippen molar-refractivity contribution >= 4 is 5.97 Å². The number of carbonyl (C=O) groups excluding carboxylic acids is 1. The molecule has 0 saturated heterocycles. The lowest BCUT2D eigenvalue weighted by Crippen LogP contribution is -2.40. The van der Waals surface area contributed by atoms with Gasteiger partial charge >= 0.3 is 5.97 Å². The van der Waals surface area contributed by atoms with Gasteiger partial charge in [-0.1, -0.05) is 34.6 Å². The van der Waals surface area contributed by atoms with Crippen molar-refractivity contribution in [3.05, 3.63) is 0 Å². The molecule has 0 heterocycles. The summed E-state index contributed by atoms with van der Waals surface area (Å²) in [6.07, 6.45) is 2.00. The van der Waals surface area contributed by atoms with Crippen LogP contribution >= 0.6 is 0 Å². The lowest BCUT2D eigenvalue weighted by Gasteiger charge is -2.37. The topological polar surface area (TPSA) is 26.3 Å². The highest BCUT2D eigenvalue weighted by atomic mass is 16.6. The molecule has 1 aliphatic carbocycles. The lowest BCUT2D eigenvalue weighted by molar-refractivity contribution is -0.171. The van der Waals surface area contributed by atoms with E-state index in [1.807, 2.05) is 20.8 Å². The molecule has 2 unspecified atom stereocenters. The molecule has 0 amide bonds. The molecule has 0 spiro atoms. The van der Waals surface area contributed by atoms with Gasteiger partial charge in [0.1, 0.15) is 5.60 Å². The third kappa shape index (κ3) is 4.22. The molecule has 1 fully saturated rings. The summed E-state index contributed by atoms with van der Waals surface area (Å²) in [4.78, 5) is 12.7. The van der Waals surface area contributed by atoms with Crippen molar-refractivity contribution in [1.29, 1.82) is 0 Å². The molecule has 0 aliphatic heterocycles. The summed E-state index contributed by atoms with van der Waals surface area (Å²) < 4.78 is 5.70. The Labute approximate surface area is 119 Å². The van der Waals surface area contributed by atoms with Gasteiger partial charge < -0.3 is 4.74 Å². The highest BCUT2D eigenvalue weighted by molar-refractivity contribution is 5.78. The zero-order valence-corrected chi connectivity index (χ0v) is 14.3. The highest BCUT2D eigenvalue weighted by Gasteiger charge is 2.60. The van der Waals surface area contributed by atoms with Crippen LogP contribution in [0.1, 0.15) is 75.2 Å². The molecule has 112 valence electrons. The molecule has 1 saturated carbocycles. The second-order valence-corrected chi connectivity index (χ2v) is 9.40. The van der Waals surface area contributed by atoms with Crippen molar-refractivity contribution in [2.45, 2.75) is 80.8 Å². The first-order valence-corrected chi connectivity index (χ1v) is 7.41. The minimum Gasteiger partial charge on any atom is -0.460 e. The Kier molecular flexibility index (Phi) is 3.91. The number of hydrogen-bond acceptors (Lipinski definition) is 2. The lowest BCUT2D eigenvalue weighted by atomic mass is 9.70. The van der Waals surface area contributed by atoms with E-state index in [2.05, 4.69) is 41.5 Å². The van der Waals surface area contributed by atoms with Gasteiger partial charge in [0, 0.05) is 0 Å². The van der Waals surface area contributed by atoms with Crippen LogP contribution in [-0.2, 0) is 9.53 Å². The third-order valence-corrected chi connectivity index (χ3v) is 4.05. The highest BCUT2D eigenvalue weighted by Crippen LogP contribution is 2.63. The van der Waals surface area contributed by atoms with Crippen LogP contribution in [0.3, 0.4) is 0 Å². The molecule has 0 N–H and O–H groups in total. The van der Waals surface area contributed by atoms with Gasteiger partial charge in [-0.3, -0.25) is 4.79 Å². The molecule has 1 rings (SSSR count). The maximum Gasteiger partial charge on any atom is 0.312 e. The normalized spacial score (nSPS) is 25.6. The van der Waals surface area contributed by atoms with E-state index < -0.39 is 5.60 Å². The Morgan fingerprint density at radius 1 is 1.11 bits per heavy atom. The molecular formula is C17H32O2. The van der Waals surface area contributed by atoms with E-state index >= 15 is 0 Å². The van der Waals surface area contributed by atoms with Gasteiger partial charge in [-0.2, -0.15) is 0 Å². The van der Waals surface area contributed by atoms with Gasteiger partial charge in [0.25, 0.3) is 0 Å². The second kappa shape index (κ2) is 4.49. The molecule has 1 aliphatic rings. The summed E-state index contributed by atoms with van der Waals surface area (Å²) >= 11 is 0. The molecule has 2 atom stereocenters. The third-order valence-electron chi connectivity index (χ3n) is 4.05. The van der Waals surface area contributed by atoms with Crippen LogP contribution in [0.2, 0.25) is 0 Å². The van der Waals surface area contributed by atoms with E-state index in [-0.39, 0.29) is 22.2 Å². The molecule has 0 radical (unpaired) electrons. The summed E-state index contributed by atoms with van der Waals surface area (Å²) in [5, 5.41) is 0. The summed E-state index contributed by atoms with van der Waals surface area (Å²) in [7, 11) is 0. The van der Waals surface area contributed by atoms with Gasteiger partial charge in [0.05, 0.1) is 5.41 Å². The molecule has 0 aromatic heterocycles. The Bertz CT molecular complexity index is 354. The average Bonchev–Trinajstić information content (AvgIpc) is 2.69. The van der Waals surface area contributed by atoms with Crippen LogP contribution < -0.4 is 0 Å². The van der Waals surface area contributed by atoms with E-state index in [1.165, 1.54) is 0 Å². The van der Waals surface area contributed by atoms with E-state index in [1.54, 1.807) is 0 Å². The fourth-order valence-electron chi connectivity index (χ4n) is 3.39. The molecule has 19 heavy (non-hydrogen) atoms. The van der Waals surface area contributed by atoms with Crippen LogP contribution in [-0.4, -0.2) is 11.6 Å². The molecule has 0 aromatic rings. The Morgan fingerprint density at radius 2 is 1.53 bits per heavy atom. The standard InChI is InChI=1S/C17H32O2/c1-14(2,3)11-17(9,12-10-16(12,7)8)13(18)19-15(4,5)6/h12H,10-11H2,1-9H3. The van der Waals surface area contributed by atoms with E-state index in [0.717, 1.165) is 12.8 Å². The maximum absolute atomic E-state index is 12.7. The Balaban J connectivity index is 2.97. The van der Waals surface area contributed by atoms with Gasteiger partial charge in [-0.05, 0) is 57.3 Å². The van der Waals surface area contributed by atoms with Crippen LogP contribution in [0.4, 0.5) is 0 Å². The molecular weight excluding hydrogens is 236 g/mol. The fraction of sp³-hybridized carbons (Fsp3) is 0.941. The summed E-state index contributed by atoms with van der Waals surface area (Å²) in [6, 6.07) is 0. The maximum atomic E-state index is 12.7. The van der Waals surface area contributed by atoms with Gasteiger partial charge in [0.2, 0.25) is 0 Å². The number of esters is 1. The summed E-state index contributed by atoms with van der Waals surface area (Å²) in [5.41, 5.74) is -0.370. The molecule has 0 aromatic carbocycles. The van der Waals surface area contributed by atoms with Crippen LogP contribution in [0.5, 0.6) is 0 Å². The van der Waals surface area contributed by atoms with Crippen LogP contribution in [0.15, 0.2) is 0 Å². The minimum absolute atomic E-state index is 0.0227. The predicted octanol–water partition coefficient (Wildman–Crippen LogP) is 4.82. The van der Waals surface area contributed by atoms with Gasteiger partial charge in [-0.25, -0.2) is 0 Å². The Hall–Kier alpha value is -0.530. The predicted molar refractivity (Wildman–Crippen MR) is 79.9 cm³/mol. The fourth-order valence-corrected chi connectivity index (χ4v) is 3.39. The van der Waals surface area contributed by atoms with Crippen molar-refractivity contribution in [2.75, 3.05) is 0 Å². The van der Waals surface area contributed by atoms with Crippen molar-refractivity contribution in [2.24, 2.45) is 22.2 Å². The van der Waals surface area contributed by atoms with Crippen molar-refractivity contribution in [3.63, 3.8) is 0 Å². The number of ether oxygens (including phenoxy) is 1. The summed E-state index contributed by atoms with van der Waals surface area (Å²) in [6.45, 7) is 19.0. The number of rotatable bonds is 3. The van der Waals surface area contributed by atoms with Crippen molar-refractivity contribution < 1.29 is 9.53 Å². The minimum atomic E-state index is -0.407. The van der Waals surface area contributed by atoms with Crippen LogP contribution in [0.25, 0.3) is 0 Å². The summed E-state index contributed by atoms with van der Waals surface area (Å²) in [5.74, 6) is 0.416. The first-order valence-electron chi connectivity index (χ1n) is 7.41. The zero-order valence-electron chi connectivity index (χ0n) is 14.3. The van der Waals surface area contributed by atoms with E-state index in [4.69, 9.17) is 4.74 Å². The molecule has 0 bridgehead atoms. The first kappa shape index (κ1) is 16.5. The average molecular weight is 268 g/mol. The van der Waals surface area contributed by atoms with Crippen molar-refractivity contribution in [1.82, 2.24) is 0 Å². The SMILES string of the molecule is CC(C)(C)CC(C)(C(=O)OC(C)(C)C)C1CC1(C)C. The monoisotopic (exact) mass is 268 g/mol. The second-order valence-electron chi connectivity index (χ2n) is 9.40. The smallest absolute Gasteiger partial charge is 0.312 e. The quantitative estimate of drug-likeness (QED) is 0.686. The van der Waals surface area contributed by atoms with Gasteiger partial charge in [0.15, 0.2) is 0 Å².